The number of anilines is 2. The molecule has 3 aromatic rings. The van der Waals surface area contributed by atoms with E-state index in [9.17, 15) is 19.5 Å². The van der Waals surface area contributed by atoms with Crippen molar-refractivity contribution in [2.24, 2.45) is 17.8 Å². The van der Waals surface area contributed by atoms with E-state index in [4.69, 9.17) is 4.74 Å². The van der Waals surface area contributed by atoms with Gasteiger partial charge in [0, 0.05) is 16.2 Å². The molecule has 3 saturated heterocycles. The highest BCUT2D eigenvalue weighted by Gasteiger charge is 2.77. The van der Waals surface area contributed by atoms with E-state index in [0.29, 0.717) is 17.8 Å². The number of rotatable bonds is 7. The quantitative estimate of drug-likeness (QED) is 0.350. The van der Waals surface area contributed by atoms with Gasteiger partial charge in [0.2, 0.25) is 17.7 Å². The van der Waals surface area contributed by atoms with Crippen molar-refractivity contribution in [1.29, 1.82) is 0 Å². The smallest absolute Gasteiger partial charge is 0.250 e. The molecule has 3 amide bonds. The molecule has 0 aromatic heterocycles. The molecule has 3 aliphatic heterocycles. The third-order valence-corrected chi connectivity index (χ3v) is 9.50. The van der Waals surface area contributed by atoms with Crippen LogP contribution in [0.2, 0.25) is 0 Å². The van der Waals surface area contributed by atoms with Crippen molar-refractivity contribution >= 4 is 55.8 Å². The van der Waals surface area contributed by atoms with E-state index in [-0.39, 0.29) is 29.2 Å². The average Bonchev–Trinajstić information content (AvgIpc) is 3.53. The predicted octanol–water partition coefficient (Wildman–Crippen LogP) is 4.18. The Hall–Kier alpha value is -3.27. The molecule has 2 bridgehead atoms. The number of nitrogens with one attached hydrogen (secondary N) is 2. The lowest BCUT2D eigenvalue weighted by Gasteiger charge is -2.38. The summed E-state index contributed by atoms with van der Waals surface area (Å²) in [5.74, 6) is -2.82. The summed E-state index contributed by atoms with van der Waals surface area (Å²) in [5.41, 5.74) is 0.0128. The zero-order valence-electron chi connectivity index (χ0n) is 22.3. The van der Waals surface area contributed by atoms with Gasteiger partial charge in [0.1, 0.15) is 11.6 Å². The lowest BCUT2D eigenvalue weighted by atomic mass is 9.70. The van der Waals surface area contributed by atoms with Gasteiger partial charge in [-0.3, -0.25) is 14.4 Å². The number of hydrogen-bond acceptors (Lipinski definition) is 5. The first kappa shape index (κ1) is 26.9. The molecule has 0 radical (unpaired) electrons. The van der Waals surface area contributed by atoms with E-state index in [1.54, 1.807) is 12.1 Å². The molecule has 40 heavy (non-hydrogen) atoms. The molecule has 1 spiro atoms. The van der Waals surface area contributed by atoms with Crippen molar-refractivity contribution in [3.63, 3.8) is 0 Å². The highest BCUT2D eigenvalue weighted by molar-refractivity contribution is 9.09. The van der Waals surface area contributed by atoms with E-state index in [1.165, 1.54) is 4.90 Å². The van der Waals surface area contributed by atoms with Gasteiger partial charge < -0.3 is 25.4 Å². The number of benzene rings is 3. The fourth-order valence-electron chi connectivity index (χ4n) is 6.87. The van der Waals surface area contributed by atoms with E-state index in [0.717, 1.165) is 10.8 Å². The maximum absolute atomic E-state index is 14.3. The molecule has 6 rings (SSSR count). The van der Waals surface area contributed by atoms with Gasteiger partial charge in [0.05, 0.1) is 30.6 Å². The Morgan fingerprint density at radius 1 is 1.00 bits per heavy atom. The van der Waals surface area contributed by atoms with Gasteiger partial charge in [-0.2, -0.15) is 0 Å². The molecular weight excluding hydrogens is 574 g/mol. The zero-order valence-corrected chi connectivity index (χ0v) is 23.9. The molecule has 0 aliphatic carbocycles. The predicted molar refractivity (Wildman–Crippen MR) is 156 cm³/mol. The van der Waals surface area contributed by atoms with Crippen molar-refractivity contribution in [2.75, 3.05) is 17.2 Å². The minimum absolute atomic E-state index is 0.131. The normalized spacial score (nSPS) is 29.6. The molecule has 208 valence electrons. The first-order valence-corrected chi connectivity index (χ1v) is 14.6. The molecule has 3 fully saturated rings. The van der Waals surface area contributed by atoms with Gasteiger partial charge >= 0.3 is 0 Å². The van der Waals surface area contributed by atoms with Crippen LogP contribution in [0, 0.1) is 17.8 Å². The molecule has 3 heterocycles. The number of halogens is 1. The molecule has 3 N–H and O–H groups in total. The Bertz CT molecular complexity index is 1470. The van der Waals surface area contributed by atoms with Gasteiger partial charge in [0.15, 0.2) is 0 Å². The molecule has 3 unspecified atom stereocenters. The summed E-state index contributed by atoms with van der Waals surface area (Å²) < 4.78 is 6.57. The number of ether oxygens (including phenoxy) is 1. The standard InChI is InChI=1S/C31H32BrN3O5/c1-17(2)23(16-36)35-27(29(38)34-21-13-12-18-8-6-7-9-19(18)14-21)31-15-22(32)26(40-31)24(25(31)30(35)39)28(37)33-20-10-4-3-5-11-20/h3-14,17,22-27,36H,15-16H2,1-2H3,(H,33,37)(H,34,38)/t22?,23-,24-,25-,26-,27?,31?/m0/s1. The number of aliphatic hydroxyl groups is 1. The fourth-order valence-corrected chi connectivity index (χ4v) is 7.81. The van der Waals surface area contributed by atoms with Crippen LogP contribution >= 0.6 is 15.9 Å². The topological polar surface area (TPSA) is 108 Å². The molecule has 8 nitrogen and oxygen atoms in total. The number of carbonyl (C=O) groups is 3. The second-order valence-corrected chi connectivity index (χ2v) is 12.5. The monoisotopic (exact) mass is 605 g/mol. The van der Waals surface area contributed by atoms with Crippen LogP contribution in [0.15, 0.2) is 72.8 Å². The summed E-state index contributed by atoms with van der Waals surface area (Å²) in [6.07, 6.45) is -0.173. The van der Waals surface area contributed by atoms with Gasteiger partial charge in [0.25, 0.3) is 0 Å². The Morgan fingerprint density at radius 2 is 1.68 bits per heavy atom. The summed E-state index contributed by atoms with van der Waals surface area (Å²) in [6, 6.07) is 21.0. The SMILES string of the molecule is CC(C)[C@H](CO)N1C(=O)[C@@H]2[C@H](C(=O)Nc3ccccc3)[C@H]3OC2(CC3Br)C1C(=O)Nc1ccc2ccccc2c1. The lowest BCUT2D eigenvalue weighted by Crippen LogP contribution is -2.57. The highest BCUT2D eigenvalue weighted by atomic mass is 79.9. The minimum atomic E-state index is -1.21. The average molecular weight is 607 g/mol. The number of para-hydroxylation sites is 1. The fraction of sp³-hybridized carbons (Fsp3) is 0.387. The summed E-state index contributed by atoms with van der Waals surface area (Å²) in [6.45, 7) is 3.50. The van der Waals surface area contributed by atoms with Crippen LogP contribution in [0.1, 0.15) is 20.3 Å². The second-order valence-electron chi connectivity index (χ2n) is 11.3. The Balaban J connectivity index is 1.38. The number of nitrogens with zero attached hydrogens (tertiary/aromatic N) is 1. The first-order valence-electron chi connectivity index (χ1n) is 13.7. The minimum Gasteiger partial charge on any atom is -0.394 e. The molecule has 9 heteroatoms. The van der Waals surface area contributed by atoms with Gasteiger partial charge in [-0.05, 0) is 47.4 Å². The molecule has 0 saturated carbocycles. The first-order chi connectivity index (χ1) is 19.2. The third kappa shape index (κ3) is 4.22. The van der Waals surface area contributed by atoms with Crippen molar-refractivity contribution in [2.45, 2.75) is 48.9 Å². The molecule has 3 aromatic carbocycles. The Morgan fingerprint density at radius 3 is 2.38 bits per heavy atom. The molecule has 3 aliphatic rings. The van der Waals surface area contributed by atoms with Gasteiger partial charge in [-0.1, -0.05) is 78.3 Å². The number of aliphatic hydroxyl groups excluding tert-OH is 1. The van der Waals surface area contributed by atoms with Crippen LogP contribution in [0.3, 0.4) is 0 Å². The van der Waals surface area contributed by atoms with Crippen LogP contribution < -0.4 is 10.6 Å². The van der Waals surface area contributed by atoms with Crippen LogP contribution in [0.5, 0.6) is 0 Å². The van der Waals surface area contributed by atoms with Gasteiger partial charge in [-0.15, -0.1) is 0 Å². The lowest BCUT2D eigenvalue weighted by molar-refractivity contribution is -0.144. The van der Waals surface area contributed by atoms with Crippen LogP contribution in [0.25, 0.3) is 10.8 Å². The molecular formula is C31H32BrN3O5. The molecule has 7 atom stereocenters. The number of hydrogen-bond donors (Lipinski definition) is 3. The van der Waals surface area contributed by atoms with Crippen LogP contribution in [-0.4, -0.2) is 63.0 Å². The number of alkyl halides is 1. The van der Waals surface area contributed by atoms with Crippen LogP contribution in [0.4, 0.5) is 11.4 Å². The number of fused-ring (bicyclic) bond motifs is 2. The number of amides is 3. The Labute approximate surface area is 241 Å². The van der Waals surface area contributed by atoms with E-state index in [2.05, 4.69) is 26.6 Å². The van der Waals surface area contributed by atoms with E-state index >= 15 is 0 Å². The van der Waals surface area contributed by atoms with Crippen molar-refractivity contribution in [3.8, 4) is 0 Å². The Kier molecular flexibility index (Phi) is 6.92. The third-order valence-electron chi connectivity index (χ3n) is 8.65. The van der Waals surface area contributed by atoms with Crippen molar-refractivity contribution in [3.05, 3.63) is 72.8 Å². The highest BCUT2D eigenvalue weighted by Crippen LogP contribution is 2.60. The van der Waals surface area contributed by atoms with E-state index < -0.39 is 41.5 Å². The maximum atomic E-state index is 14.3. The maximum Gasteiger partial charge on any atom is 0.250 e. The number of carbonyl (C=O) groups excluding carboxylic acids is 3. The summed E-state index contributed by atoms with van der Waals surface area (Å²) in [4.78, 5) is 43.4. The van der Waals surface area contributed by atoms with Crippen LogP contribution in [-0.2, 0) is 19.1 Å². The summed E-state index contributed by atoms with van der Waals surface area (Å²) >= 11 is 3.70. The second kappa shape index (κ2) is 10.3. The summed E-state index contributed by atoms with van der Waals surface area (Å²) in [5, 5.41) is 18.4. The number of likely N-dealkylation sites (tertiary alicyclic amines) is 1. The largest absolute Gasteiger partial charge is 0.394 e. The van der Waals surface area contributed by atoms with Crippen molar-refractivity contribution in [1.82, 2.24) is 4.90 Å². The zero-order chi connectivity index (χ0) is 28.2. The van der Waals surface area contributed by atoms with E-state index in [1.807, 2.05) is 74.5 Å². The van der Waals surface area contributed by atoms with Crippen molar-refractivity contribution < 1.29 is 24.2 Å². The van der Waals surface area contributed by atoms with Gasteiger partial charge in [-0.25, -0.2) is 0 Å². The summed E-state index contributed by atoms with van der Waals surface area (Å²) in [7, 11) is 0.